The SMILES string of the molecule is CC(C)(C)c1cc(-c2ccc3c(c2)N(c2cccc4c2sc2c(-c5ccc6sc7ccccc7c6c5)cccc24)c2cc(-c4cc(C(C)(C)C)cc(C(C)(C)C)c4)cc4c2B3c2ccc(-n3c5ccc(C(C)(C)C)cc5c5cc(C(C)(C)C)ccc53)cc2N4c2ccc(-c3ccccc3)cc2-c2ccccc2)cc(C(C)(C)C)c1. The van der Waals surface area contributed by atoms with Crippen molar-refractivity contribution in [3.05, 3.63) is 312 Å². The molecule has 2 aliphatic rings. The van der Waals surface area contributed by atoms with E-state index in [0.717, 1.165) is 45.1 Å². The topological polar surface area (TPSA) is 11.4 Å². The summed E-state index contributed by atoms with van der Waals surface area (Å²) >= 11 is 3.83. The number of fused-ring (bicyclic) bond motifs is 13. The Hall–Kier alpha value is -11.0. The molecule has 0 spiro atoms. The summed E-state index contributed by atoms with van der Waals surface area (Å²) in [4.78, 5) is 5.44. The molecule has 0 bridgehead atoms. The van der Waals surface area contributed by atoms with Crippen molar-refractivity contribution in [3.63, 3.8) is 0 Å². The highest BCUT2D eigenvalue weighted by Gasteiger charge is 2.46. The van der Waals surface area contributed by atoms with Crippen LogP contribution in [0.2, 0.25) is 0 Å². The molecule has 0 N–H and O–H groups in total. The first-order valence-corrected chi connectivity index (χ1v) is 42.5. The van der Waals surface area contributed by atoms with Crippen molar-refractivity contribution in [2.24, 2.45) is 0 Å². The van der Waals surface area contributed by atoms with Crippen molar-refractivity contribution >= 4 is 142 Å². The number of aromatic nitrogens is 1. The van der Waals surface area contributed by atoms with Crippen molar-refractivity contribution < 1.29 is 0 Å². The van der Waals surface area contributed by atoms with Crippen LogP contribution < -0.4 is 26.2 Å². The largest absolute Gasteiger partial charge is 0.311 e. The fraction of sp³-hybridized carbons (Fsp3) is 0.222. The molecule has 0 fully saturated rings. The molecule has 0 saturated carbocycles. The van der Waals surface area contributed by atoms with Crippen LogP contribution in [-0.4, -0.2) is 11.3 Å². The average molecular weight is 1510 g/mol. The third-order valence-corrected chi connectivity index (χ3v) is 27.1. The maximum atomic E-state index is 2.74. The summed E-state index contributed by atoms with van der Waals surface area (Å²) in [6, 6.07) is 109. The third-order valence-electron chi connectivity index (χ3n) is 24.7. The van der Waals surface area contributed by atoms with Crippen LogP contribution in [0.3, 0.4) is 0 Å². The van der Waals surface area contributed by atoms with Crippen LogP contribution in [0.15, 0.2) is 279 Å². The summed E-state index contributed by atoms with van der Waals surface area (Å²) in [6.07, 6.45) is 0. The normalized spacial score (nSPS) is 13.5. The van der Waals surface area contributed by atoms with E-state index in [9.17, 15) is 0 Å². The highest BCUT2D eigenvalue weighted by Crippen LogP contribution is 2.54. The first kappa shape index (κ1) is 73.2. The predicted molar refractivity (Wildman–Crippen MR) is 500 cm³/mol. The number of rotatable bonds is 8. The van der Waals surface area contributed by atoms with Gasteiger partial charge in [-0.3, -0.25) is 0 Å². The lowest BCUT2D eigenvalue weighted by Crippen LogP contribution is -2.61. The van der Waals surface area contributed by atoms with Gasteiger partial charge in [-0.2, -0.15) is 0 Å². The van der Waals surface area contributed by atoms with E-state index in [1.807, 2.05) is 22.7 Å². The van der Waals surface area contributed by atoms with Crippen molar-refractivity contribution in [2.45, 2.75) is 157 Å². The van der Waals surface area contributed by atoms with Gasteiger partial charge in [-0.25, -0.2) is 0 Å². The standard InChI is InChI=1S/C108H100BN3S2/c1-103(2,3)73-42-48-91-85(62-73)86-63-74(104(4,5)6)43-49-92(86)110(91)79-44-46-89-95(64-79)111(90-47-40-67(65-29-21-19-22-30-65)55-84(90)66-31-23-20-24-32-66)96-58-72(71-53-77(107(13,14)15)61-78(54-71)108(16,17)18)59-97-100(96)109(89)88-45-39-68(70-51-75(105(7,8)9)60-76(52-70)106(10,11)12)57-94(88)112(97)93-37-28-36-83-82-35-27-34-80(101(82)114-102(83)93)69-41-50-99-87(56-69)81-33-25-26-38-98(81)113-99/h19-64H,1-18H3. The maximum absolute atomic E-state index is 2.74. The Kier molecular flexibility index (Phi) is 16.9. The molecule has 17 aromatic rings. The molecule has 0 saturated heterocycles. The Morgan fingerprint density at radius 2 is 0.693 bits per heavy atom. The molecule has 0 amide bonds. The summed E-state index contributed by atoms with van der Waals surface area (Å²) < 4.78 is 7.74. The molecule has 3 nitrogen and oxygen atoms in total. The van der Waals surface area contributed by atoms with E-state index in [0.29, 0.717) is 0 Å². The smallest absolute Gasteiger partial charge is 0.252 e. The Morgan fingerprint density at radius 1 is 0.237 bits per heavy atom. The lowest BCUT2D eigenvalue weighted by atomic mass is 9.33. The first-order chi connectivity index (χ1) is 54.3. The van der Waals surface area contributed by atoms with Crippen LogP contribution in [-0.2, 0) is 32.5 Å². The molecule has 0 radical (unpaired) electrons. The third kappa shape index (κ3) is 12.3. The Morgan fingerprint density at radius 3 is 1.28 bits per heavy atom. The van der Waals surface area contributed by atoms with E-state index in [2.05, 4.69) is 418 Å². The van der Waals surface area contributed by atoms with Gasteiger partial charge in [0.25, 0.3) is 6.71 Å². The molecule has 0 unspecified atom stereocenters. The Balaban J connectivity index is 0.958. The molecule has 0 aliphatic carbocycles. The number of hydrogen-bond donors (Lipinski definition) is 0. The number of nitrogens with zero attached hydrogens (tertiary/aromatic N) is 3. The molecule has 0 atom stereocenters. The van der Waals surface area contributed by atoms with Crippen LogP contribution in [0.4, 0.5) is 34.1 Å². The fourth-order valence-electron chi connectivity index (χ4n) is 18.0. The van der Waals surface area contributed by atoms with Gasteiger partial charge in [0.05, 0.1) is 27.1 Å². The molecular formula is C108H100BN3S2. The average Bonchev–Trinajstić information content (AvgIpc) is 0.863. The van der Waals surface area contributed by atoms with Gasteiger partial charge in [0.15, 0.2) is 0 Å². The molecule has 114 heavy (non-hydrogen) atoms. The van der Waals surface area contributed by atoms with Gasteiger partial charge >= 0.3 is 0 Å². The highest BCUT2D eigenvalue weighted by atomic mass is 32.1. The number of hydrogen-bond acceptors (Lipinski definition) is 4. The molecule has 19 rings (SSSR count). The van der Waals surface area contributed by atoms with Crippen molar-refractivity contribution in [1.82, 2.24) is 4.57 Å². The number of thiophene rings is 2. The Bertz CT molecular complexity index is 6660. The van der Waals surface area contributed by atoms with Crippen molar-refractivity contribution in [2.75, 3.05) is 9.80 Å². The summed E-state index contributed by atoms with van der Waals surface area (Å²) in [5, 5.41) is 7.68. The van der Waals surface area contributed by atoms with E-state index in [4.69, 9.17) is 0 Å². The minimum Gasteiger partial charge on any atom is -0.311 e. The second kappa shape index (κ2) is 26.3. The van der Waals surface area contributed by atoms with Crippen molar-refractivity contribution in [1.29, 1.82) is 0 Å². The molecular weight excluding hydrogens is 1410 g/mol. The summed E-state index contributed by atoms with van der Waals surface area (Å²) in [7, 11) is 0. The minimum atomic E-state index is -0.219. The van der Waals surface area contributed by atoms with Gasteiger partial charge in [0, 0.05) is 80.4 Å². The summed E-state index contributed by atoms with van der Waals surface area (Å²) in [5.74, 6) is 0. The van der Waals surface area contributed by atoms with Crippen LogP contribution in [0.25, 0.3) is 123 Å². The van der Waals surface area contributed by atoms with Gasteiger partial charge in [-0.15, -0.1) is 22.7 Å². The summed E-state index contributed by atoms with van der Waals surface area (Å²) in [6.45, 7) is 42.3. The lowest BCUT2D eigenvalue weighted by molar-refractivity contribution is 0.568. The molecule has 6 heteroatoms. The summed E-state index contributed by atoms with van der Waals surface area (Å²) in [5.41, 5.74) is 33.5. The zero-order valence-electron chi connectivity index (χ0n) is 69.3. The zero-order chi connectivity index (χ0) is 79.2. The fourth-order valence-corrected chi connectivity index (χ4v) is 20.5. The molecule has 5 heterocycles. The van der Waals surface area contributed by atoms with Gasteiger partial charge in [0.1, 0.15) is 0 Å². The lowest BCUT2D eigenvalue weighted by Gasteiger charge is -2.45. The number of benzene rings is 14. The van der Waals surface area contributed by atoms with Crippen LogP contribution in [0, 0.1) is 0 Å². The minimum absolute atomic E-state index is 0.0563. The van der Waals surface area contributed by atoms with Crippen LogP contribution >= 0.6 is 22.7 Å². The van der Waals surface area contributed by atoms with Gasteiger partial charge in [-0.1, -0.05) is 313 Å². The maximum Gasteiger partial charge on any atom is 0.252 e. The van der Waals surface area contributed by atoms with E-state index in [1.165, 1.54) is 162 Å². The van der Waals surface area contributed by atoms with Crippen molar-refractivity contribution in [3.8, 4) is 61.3 Å². The quantitative estimate of drug-likeness (QED) is 0.141. The van der Waals surface area contributed by atoms with Gasteiger partial charge < -0.3 is 14.4 Å². The molecule has 14 aromatic carbocycles. The first-order valence-electron chi connectivity index (χ1n) is 40.9. The van der Waals surface area contributed by atoms with E-state index in [-0.39, 0.29) is 39.2 Å². The van der Waals surface area contributed by atoms with Gasteiger partial charge in [0.2, 0.25) is 0 Å². The zero-order valence-corrected chi connectivity index (χ0v) is 70.9. The van der Waals surface area contributed by atoms with Crippen LogP contribution in [0.5, 0.6) is 0 Å². The molecule has 2 aliphatic heterocycles. The Labute approximate surface area is 682 Å². The monoisotopic (exact) mass is 1510 g/mol. The van der Waals surface area contributed by atoms with E-state index >= 15 is 0 Å². The molecule has 3 aromatic heterocycles. The van der Waals surface area contributed by atoms with Gasteiger partial charge in [-0.05, 0) is 223 Å². The second-order valence-electron chi connectivity index (χ2n) is 38.7. The second-order valence-corrected chi connectivity index (χ2v) is 40.8. The van der Waals surface area contributed by atoms with E-state index < -0.39 is 0 Å². The number of anilines is 6. The predicted octanol–water partition coefficient (Wildman–Crippen LogP) is 29.7. The molecule has 562 valence electrons. The van der Waals surface area contributed by atoms with E-state index in [1.54, 1.807) is 0 Å². The highest BCUT2D eigenvalue weighted by molar-refractivity contribution is 7.27. The van der Waals surface area contributed by atoms with Crippen LogP contribution in [0.1, 0.15) is 158 Å².